The molecule has 1 unspecified atom stereocenters. The number of anilines is 1. The van der Waals surface area contributed by atoms with Crippen molar-refractivity contribution in [1.82, 2.24) is 10.3 Å². The van der Waals surface area contributed by atoms with E-state index in [9.17, 15) is 9.59 Å². The Bertz CT molecular complexity index is 1400. The van der Waals surface area contributed by atoms with Crippen molar-refractivity contribution in [2.24, 2.45) is 0 Å². The number of fused-ring (bicyclic) bond motifs is 1. The number of carbonyl (C=O) groups is 2. The molecule has 0 radical (unpaired) electrons. The Labute approximate surface area is 213 Å². The Morgan fingerprint density at radius 3 is 2.82 bits per heavy atom. The highest BCUT2D eigenvalue weighted by Crippen LogP contribution is 2.45. The highest BCUT2D eigenvalue weighted by Gasteiger charge is 2.39. The summed E-state index contributed by atoms with van der Waals surface area (Å²) in [6.45, 7) is 1.85. The second kappa shape index (κ2) is 8.87. The Balaban J connectivity index is 1.58. The first kappa shape index (κ1) is 22.6. The number of dihydropyridines is 1. The maximum atomic E-state index is 13.6. The van der Waals surface area contributed by atoms with Crippen molar-refractivity contribution < 1.29 is 9.59 Å². The molecule has 5 rings (SSSR count). The quantitative estimate of drug-likeness (QED) is 0.361. The van der Waals surface area contributed by atoms with Crippen molar-refractivity contribution >= 4 is 77.5 Å². The number of aromatic nitrogens is 1. The summed E-state index contributed by atoms with van der Waals surface area (Å²) in [6.07, 6.45) is 1.98. The molecule has 0 saturated heterocycles. The molecule has 168 valence electrons. The van der Waals surface area contributed by atoms with Crippen LogP contribution in [0.2, 0.25) is 10.0 Å². The standard InChI is InChI=1S/C24H18BrCl2N3O2S/c1-11-20(23(32)30-24-29-16-8-5-12(25)9-19(16)33-24)21(14-7-6-13(26)10-15(14)27)22-17(28-11)3-2-4-18(22)31/h5-10,21,28H,2-4H2,1H3,(H,29,30,32). The molecule has 9 heteroatoms. The van der Waals surface area contributed by atoms with Crippen LogP contribution in [-0.4, -0.2) is 16.7 Å². The molecule has 3 aromatic rings. The molecule has 2 aliphatic rings. The van der Waals surface area contributed by atoms with Gasteiger partial charge in [0.05, 0.1) is 10.2 Å². The first-order valence-corrected chi connectivity index (χ1v) is 12.7. The molecule has 5 nitrogen and oxygen atoms in total. The highest BCUT2D eigenvalue weighted by molar-refractivity contribution is 9.10. The number of Topliss-reactive ketones (excluding diaryl/α,β-unsaturated/α-hetero) is 1. The zero-order chi connectivity index (χ0) is 23.3. The van der Waals surface area contributed by atoms with Gasteiger partial charge in [0.1, 0.15) is 0 Å². The molecule has 0 bridgehead atoms. The van der Waals surface area contributed by atoms with Gasteiger partial charge in [0, 0.05) is 49.4 Å². The van der Waals surface area contributed by atoms with Gasteiger partial charge in [0.2, 0.25) is 0 Å². The van der Waals surface area contributed by atoms with Crippen LogP contribution in [0.3, 0.4) is 0 Å². The second-order valence-corrected chi connectivity index (χ2v) is 10.8. The van der Waals surface area contributed by atoms with Gasteiger partial charge in [-0.25, -0.2) is 4.98 Å². The maximum Gasteiger partial charge on any atom is 0.256 e. The Morgan fingerprint density at radius 2 is 2.03 bits per heavy atom. The van der Waals surface area contributed by atoms with Crippen molar-refractivity contribution in [1.29, 1.82) is 0 Å². The number of halogens is 3. The van der Waals surface area contributed by atoms with Crippen molar-refractivity contribution in [3.8, 4) is 0 Å². The monoisotopic (exact) mass is 561 g/mol. The molecule has 1 aromatic heterocycles. The van der Waals surface area contributed by atoms with Gasteiger partial charge in [-0.3, -0.25) is 14.9 Å². The predicted octanol–water partition coefficient (Wildman–Crippen LogP) is 6.97. The minimum absolute atomic E-state index is 0.0300. The van der Waals surface area contributed by atoms with Crippen LogP contribution in [0, 0.1) is 0 Å². The summed E-state index contributed by atoms with van der Waals surface area (Å²) in [4.78, 5) is 31.2. The lowest BCUT2D eigenvalue weighted by atomic mass is 9.75. The van der Waals surface area contributed by atoms with Gasteiger partial charge < -0.3 is 5.32 Å². The minimum atomic E-state index is -0.581. The summed E-state index contributed by atoms with van der Waals surface area (Å²) in [5.41, 5.74) is 4.10. The lowest BCUT2D eigenvalue weighted by Gasteiger charge is -2.34. The van der Waals surface area contributed by atoms with E-state index in [4.69, 9.17) is 23.2 Å². The van der Waals surface area contributed by atoms with E-state index in [0.717, 1.165) is 33.2 Å². The zero-order valence-corrected chi connectivity index (χ0v) is 21.4. The molecule has 1 aliphatic carbocycles. The van der Waals surface area contributed by atoms with E-state index in [2.05, 4.69) is 31.5 Å². The van der Waals surface area contributed by atoms with Crippen LogP contribution in [-0.2, 0) is 9.59 Å². The van der Waals surface area contributed by atoms with Gasteiger partial charge in [-0.05, 0) is 55.7 Å². The minimum Gasteiger partial charge on any atom is -0.362 e. The van der Waals surface area contributed by atoms with Gasteiger partial charge in [-0.2, -0.15) is 0 Å². The summed E-state index contributed by atoms with van der Waals surface area (Å²) in [6, 6.07) is 10.9. The molecule has 0 fully saturated rings. The average Bonchev–Trinajstić information content (AvgIpc) is 3.14. The Kier molecular flexibility index (Phi) is 6.07. The number of hydrogen-bond donors (Lipinski definition) is 2. The predicted molar refractivity (Wildman–Crippen MR) is 137 cm³/mol. The van der Waals surface area contributed by atoms with Crippen LogP contribution in [0.15, 0.2) is 63.4 Å². The molecule has 1 amide bonds. The normalized spacial score (nSPS) is 18.4. The van der Waals surface area contributed by atoms with Crippen LogP contribution < -0.4 is 10.6 Å². The topological polar surface area (TPSA) is 71.1 Å². The van der Waals surface area contributed by atoms with E-state index >= 15 is 0 Å². The van der Waals surface area contributed by atoms with Crippen LogP contribution >= 0.6 is 50.5 Å². The van der Waals surface area contributed by atoms with Crippen molar-refractivity contribution in [2.75, 3.05) is 5.32 Å². The molecule has 33 heavy (non-hydrogen) atoms. The molecular formula is C24H18BrCl2N3O2S. The number of rotatable bonds is 3. The molecular weight excluding hydrogens is 545 g/mol. The number of nitrogens with zero attached hydrogens (tertiary/aromatic N) is 1. The van der Waals surface area contributed by atoms with E-state index in [0.29, 0.717) is 44.0 Å². The molecule has 1 atom stereocenters. The molecule has 2 heterocycles. The largest absolute Gasteiger partial charge is 0.362 e. The lowest BCUT2D eigenvalue weighted by Crippen LogP contribution is -2.35. The molecule has 0 saturated carbocycles. The van der Waals surface area contributed by atoms with Gasteiger partial charge in [-0.1, -0.05) is 56.5 Å². The van der Waals surface area contributed by atoms with Crippen LogP contribution in [0.1, 0.15) is 37.7 Å². The van der Waals surface area contributed by atoms with Crippen LogP contribution in [0.25, 0.3) is 10.2 Å². The number of carbonyl (C=O) groups excluding carboxylic acids is 2. The van der Waals surface area contributed by atoms with Crippen molar-refractivity contribution in [3.05, 3.63) is 79.0 Å². The first-order valence-electron chi connectivity index (χ1n) is 10.4. The third kappa shape index (κ3) is 4.23. The Hall–Kier alpha value is -2.19. The van der Waals surface area contributed by atoms with Gasteiger partial charge in [0.15, 0.2) is 10.9 Å². The number of nitrogens with one attached hydrogen (secondary N) is 2. The van der Waals surface area contributed by atoms with E-state index in [1.54, 1.807) is 18.2 Å². The highest BCUT2D eigenvalue weighted by atomic mass is 79.9. The number of hydrogen-bond acceptors (Lipinski definition) is 5. The third-order valence-electron chi connectivity index (χ3n) is 5.86. The maximum absolute atomic E-state index is 13.6. The fourth-order valence-electron chi connectivity index (χ4n) is 4.45. The fraction of sp³-hybridized carbons (Fsp3) is 0.208. The van der Waals surface area contributed by atoms with E-state index in [1.165, 1.54) is 11.3 Å². The van der Waals surface area contributed by atoms with Gasteiger partial charge in [0.25, 0.3) is 5.91 Å². The fourth-order valence-corrected chi connectivity index (χ4v) is 6.38. The van der Waals surface area contributed by atoms with Gasteiger partial charge in [-0.15, -0.1) is 0 Å². The number of thiazole rings is 1. The van der Waals surface area contributed by atoms with E-state index < -0.39 is 5.92 Å². The molecule has 2 aromatic carbocycles. The van der Waals surface area contributed by atoms with Crippen molar-refractivity contribution in [2.45, 2.75) is 32.1 Å². The number of ketones is 1. The summed E-state index contributed by atoms with van der Waals surface area (Å²) < 4.78 is 1.90. The number of amides is 1. The summed E-state index contributed by atoms with van der Waals surface area (Å²) in [7, 11) is 0. The number of benzene rings is 2. The third-order valence-corrected chi connectivity index (χ3v) is 7.85. The van der Waals surface area contributed by atoms with Crippen LogP contribution in [0.4, 0.5) is 5.13 Å². The van der Waals surface area contributed by atoms with Crippen LogP contribution in [0.5, 0.6) is 0 Å². The molecule has 2 N–H and O–H groups in total. The smallest absolute Gasteiger partial charge is 0.256 e. The second-order valence-electron chi connectivity index (χ2n) is 8.02. The van der Waals surface area contributed by atoms with E-state index in [-0.39, 0.29) is 11.7 Å². The summed E-state index contributed by atoms with van der Waals surface area (Å²) >= 11 is 17.6. The van der Waals surface area contributed by atoms with Crippen molar-refractivity contribution in [3.63, 3.8) is 0 Å². The first-order chi connectivity index (χ1) is 15.8. The molecule has 1 aliphatic heterocycles. The molecule has 0 spiro atoms. The summed E-state index contributed by atoms with van der Waals surface area (Å²) in [5.74, 6) is -0.871. The Morgan fingerprint density at radius 1 is 1.21 bits per heavy atom. The summed E-state index contributed by atoms with van der Waals surface area (Å²) in [5, 5.41) is 7.66. The van der Waals surface area contributed by atoms with E-state index in [1.807, 2.05) is 25.1 Å². The SMILES string of the molecule is CC1=C(C(=O)Nc2nc3ccc(Br)cc3s2)C(c2ccc(Cl)cc2Cl)C2=C(CCCC2=O)N1. The zero-order valence-electron chi connectivity index (χ0n) is 17.5. The average molecular weight is 563 g/mol. The van der Waals surface area contributed by atoms with Gasteiger partial charge >= 0.3 is 0 Å². The lowest BCUT2D eigenvalue weighted by molar-refractivity contribution is -0.116. The number of allylic oxidation sites excluding steroid dienone is 3.